The molecule has 2 amide bonds. The summed E-state index contributed by atoms with van der Waals surface area (Å²) in [5, 5.41) is 21.8. The van der Waals surface area contributed by atoms with Crippen LogP contribution >= 0.6 is 0 Å². The van der Waals surface area contributed by atoms with Crippen molar-refractivity contribution in [2.24, 2.45) is 0 Å². The number of carboxylic acids is 2. The zero-order valence-electron chi connectivity index (χ0n) is 10.8. The number of nitrogens with zero attached hydrogens (tertiary/aromatic N) is 1. The maximum atomic E-state index is 11.5. The Morgan fingerprint density at radius 2 is 2.00 bits per heavy atom. The summed E-state index contributed by atoms with van der Waals surface area (Å²) in [5.41, 5.74) is 1.41. The van der Waals surface area contributed by atoms with Crippen molar-refractivity contribution in [1.29, 1.82) is 0 Å². The molecule has 0 fully saturated rings. The van der Waals surface area contributed by atoms with Crippen LogP contribution < -0.4 is 10.6 Å². The minimum Gasteiger partial charge on any atom is -0.481 e. The van der Waals surface area contributed by atoms with Crippen molar-refractivity contribution < 1.29 is 24.6 Å². The molecule has 0 aromatic carbocycles. The van der Waals surface area contributed by atoms with Crippen molar-refractivity contribution in [2.75, 3.05) is 0 Å². The van der Waals surface area contributed by atoms with E-state index >= 15 is 0 Å². The molecule has 1 heterocycles. The van der Waals surface area contributed by atoms with Crippen molar-refractivity contribution in [3.63, 3.8) is 0 Å². The van der Waals surface area contributed by atoms with Gasteiger partial charge in [-0.25, -0.2) is 9.59 Å². The molecule has 108 valence electrons. The highest BCUT2D eigenvalue weighted by molar-refractivity contribution is 5.86. The van der Waals surface area contributed by atoms with E-state index in [9.17, 15) is 14.4 Å². The van der Waals surface area contributed by atoms with Crippen LogP contribution in [0.4, 0.5) is 4.79 Å². The third kappa shape index (κ3) is 5.34. The van der Waals surface area contributed by atoms with Crippen LogP contribution in [0.5, 0.6) is 0 Å². The van der Waals surface area contributed by atoms with E-state index in [0.717, 1.165) is 5.69 Å². The summed E-state index contributed by atoms with van der Waals surface area (Å²) in [6.07, 6.45) is -0.689. The SMILES string of the molecule is Cc1cccc(CNC(=O)N[C@@H](CC(=O)O)C(=O)O)n1. The largest absolute Gasteiger partial charge is 0.481 e. The normalized spacial score (nSPS) is 11.4. The minimum absolute atomic E-state index is 0.118. The van der Waals surface area contributed by atoms with E-state index in [1.807, 2.05) is 0 Å². The van der Waals surface area contributed by atoms with Gasteiger partial charge in [0.05, 0.1) is 18.7 Å². The number of carbonyl (C=O) groups is 3. The first-order valence-electron chi connectivity index (χ1n) is 5.80. The van der Waals surface area contributed by atoms with Crippen LogP contribution in [-0.2, 0) is 16.1 Å². The first-order valence-corrected chi connectivity index (χ1v) is 5.80. The summed E-state index contributed by atoms with van der Waals surface area (Å²) in [6.45, 7) is 1.92. The van der Waals surface area contributed by atoms with Gasteiger partial charge in [-0.1, -0.05) is 6.07 Å². The van der Waals surface area contributed by atoms with E-state index in [1.54, 1.807) is 25.1 Å². The summed E-state index contributed by atoms with van der Waals surface area (Å²) in [4.78, 5) is 36.9. The Hall–Kier alpha value is -2.64. The highest BCUT2D eigenvalue weighted by atomic mass is 16.4. The zero-order chi connectivity index (χ0) is 15.1. The Morgan fingerprint density at radius 1 is 1.30 bits per heavy atom. The van der Waals surface area contributed by atoms with Gasteiger partial charge in [0.2, 0.25) is 0 Å². The Kier molecular flexibility index (Phi) is 5.45. The molecule has 0 spiro atoms. The lowest BCUT2D eigenvalue weighted by molar-refractivity contribution is -0.145. The molecule has 1 aromatic rings. The molecule has 0 bridgehead atoms. The molecule has 0 aliphatic rings. The first-order chi connectivity index (χ1) is 9.38. The standard InChI is InChI=1S/C12H15N3O5/c1-7-3-2-4-8(14-7)6-13-12(20)15-9(11(18)19)5-10(16)17/h2-4,9H,5-6H2,1H3,(H,16,17)(H,18,19)(H2,13,15,20)/t9-/m0/s1. The molecule has 0 saturated carbocycles. The van der Waals surface area contributed by atoms with Crippen molar-refractivity contribution in [2.45, 2.75) is 25.9 Å². The van der Waals surface area contributed by atoms with Crippen molar-refractivity contribution >= 4 is 18.0 Å². The molecule has 0 radical (unpaired) electrons. The number of carboxylic acid groups (broad SMARTS) is 2. The van der Waals surface area contributed by atoms with Crippen LogP contribution in [0.1, 0.15) is 17.8 Å². The minimum atomic E-state index is -1.47. The van der Waals surface area contributed by atoms with Crippen LogP contribution in [0, 0.1) is 6.92 Å². The number of aliphatic carboxylic acids is 2. The summed E-state index contributed by atoms with van der Waals surface area (Å²) < 4.78 is 0. The second-order valence-corrected chi connectivity index (χ2v) is 4.09. The molecule has 1 aromatic heterocycles. The number of aromatic nitrogens is 1. The van der Waals surface area contributed by atoms with Crippen molar-refractivity contribution in [3.8, 4) is 0 Å². The Bertz CT molecular complexity index is 518. The molecule has 4 N–H and O–H groups in total. The second-order valence-electron chi connectivity index (χ2n) is 4.09. The van der Waals surface area contributed by atoms with Crippen LogP contribution in [-0.4, -0.2) is 39.2 Å². The smallest absolute Gasteiger partial charge is 0.326 e. The summed E-state index contributed by atoms with van der Waals surface area (Å²) in [7, 11) is 0. The van der Waals surface area contributed by atoms with Gasteiger partial charge in [-0.2, -0.15) is 0 Å². The number of carbonyl (C=O) groups excluding carboxylic acids is 1. The third-order valence-electron chi connectivity index (χ3n) is 2.36. The van der Waals surface area contributed by atoms with E-state index < -0.39 is 30.4 Å². The van der Waals surface area contributed by atoms with Gasteiger partial charge in [-0.05, 0) is 19.1 Å². The van der Waals surface area contributed by atoms with Crippen LogP contribution in [0.15, 0.2) is 18.2 Å². The molecular formula is C12H15N3O5. The monoisotopic (exact) mass is 281 g/mol. The fourth-order valence-corrected chi connectivity index (χ4v) is 1.45. The molecule has 20 heavy (non-hydrogen) atoms. The number of pyridine rings is 1. The van der Waals surface area contributed by atoms with Gasteiger partial charge in [0.1, 0.15) is 6.04 Å². The summed E-state index contributed by atoms with van der Waals surface area (Å²) in [5.74, 6) is -2.71. The van der Waals surface area contributed by atoms with Crippen LogP contribution in [0.3, 0.4) is 0 Å². The molecule has 0 saturated heterocycles. The van der Waals surface area contributed by atoms with Crippen molar-refractivity contribution in [3.05, 3.63) is 29.6 Å². The number of hydrogen-bond donors (Lipinski definition) is 4. The van der Waals surface area contributed by atoms with E-state index in [1.165, 1.54) is 0 Å². The maximum absolute atomic E-state index is 11.5. The van der Waals surface area contributed by atoms with Crippen molar-refractivity contribution in [1.82, 2.24) is 15.6 Å². The number of nitrogens with one attached hydrogen (secondary N) is 2. The second kappa shape index (κ2) is 7.07. The number of amides is 2. The average Bonchev–Trinajstić information content (AvgIpc) is 2.35. The quantitative estimate of drug-likeness (QED) is 0.586. The topological polar surface area (TPSA) is 129 Å². The molecule has 8 nitrogen and oxygen atoms in total. The molecule has 8 heteroatoms. The van der Waals surface area contributed by atoms with Gasteiger partial charge in [-0.15, -0.1) is 0 Å². The molecule has 0 aliphatic heterocycles. The van der Waals surface area contributed by atoms with Gasteiger partial charge in [-0.3, -0.25) is 9.78 Å². The Morgan fingerprint density at radius 3 is 2.55 bits per heavy atom. The molecule has 1 rings (SSSR count). The molecular weight excluding hydrogens is 266 g/mol. The number of rotatable bonds is 6. The highest BCUT2D eigenvalue weighted by Crippen LogP contribution is 1.98. The Balaban J connectivity index is 2.49. The fourth-order valence-electron chi connectivity index (χ4n) is 1.45. The van der Waals surface area contributed by atoms with E-state index in [0.29, 0.717) is 5.69 Å². The number of hydrogen-bond acceptors (Lipinski definition) is 4. The number of aryl methyl sites for hydroxylation is 1. The van der Waals surface area contributed by atoms with Gasteiger partial charge in [0.15, 0.2) is 0 Å². The van der Waals surface area contributed by atoms with Gasteiger partial charge in [0, 0.05) is 5.69 Å². The first kappa shape index (κ1) is 15.4. The lowest BCUT2D eigenvalue weighted by Crippen LogP contribution is -2.46. The average molecular weight is 281 g/mol. The fraction of sp³-hybridized carbons (Fsp3) is 0.333. The van der Waals surface area contributed by atoms with Gasteiger partial charge < -0.3 is 20.8 Å². The number of urea groups is 1. The predicted molar refractivity (Wildman–Crippen MR) is 68.0 cm³/mol. The third-order valence-corrected chi connectivity index (χ3v) is 2.36. The summed E-state index contributed by atoms with van der Waals surface area (Å²) >= 11 is 0. The van der Waals surface area contributed by atoms with Gasteiger partial charge in [0.25, 0.3) is 0 Å². The van der Waals surface area contributed by atoms with E-state index in [4.69, 9.17) is 10.2 Å². The van der Waals surface area contributed by atoms with Gasteiger partial charge >= 0.3 is 18.0 Å². The predicted octanol–water partition coefficient (Wildman–Crippen LogP) is 0.117. The van der Waals surface area contributed by atoms with Crippen LogP contribution in [0.2, 0.25) is 0 Å². The maximum Gasteiger partial charge on any atom is 0.326 e. The highest BCUT2D eigenvalue weighted by Gasteiger charge is 2.22. The molecule has 1 atom stereocenters. The lowest BCUT2D eigenvalue weighted by Gasteiger charge is -2.13. The van der Waals surface area contributed by atoms with E-state index in [2.05, 4.69) is 15.6 Å². The van der Waals surface area contributed by atoms with Crippen LogP contribution in [0.25, 0.3) is 0 Å². The summed E-state index contributed by atoms with van der Waals surface area (Å²) in [6, 6.07) is 3.05. The van der Waals surface area contributed by atoms with E-state index in [-0.39, 0.29) is 6.54 Å². The molecule has 0 aliphatic carbocycles. The Labute approximate surface area is 114 Å². The zero-order valence-corrected chi connectivity index (χ0v) is 10.8. The lowest BCUT2D eigenvalue weighted by atomic mass is 10.2. The molecule has 0 unspecified atom stereocenters.